The van der Waals surface area contributed by atoms with Crippen LogP contribution in [-0.4, -0.2) is 32.4 Å². The topological polar surface area (TPSA) is 24.8 Å². The van der Waals surface area contributed by atoms with E-state index in [1.165, 1.54) is 19.5 Å². The van der Waals surface area contributed by atoms with Gasteiger partial charge in [0.25, 0.3) is 0 Å². The molecule has 0 aromatic heterocycles. The Labute approximate surface area is 111 Å². The Balaban J connectivity index is 3.36. The fourth-order valence-corrected chi connectivity index (χ4v) is 1.88. The number of rotatable bonds is 3. The molecule has 0 saturated heterocycles. The first-order valence-corrected chi connectivity index (χ1v) is 5.71. The maximum Gasteiger partial charge on any atom is 0.417 e. The summed E-state index contributed by atoms with van der Waals surface area (Å²) in [6, 6.07) is 2.20. The monoisotopic (exact) mass is 324 g/mol. The number of hydrogen-bond donors (Lipinski definition) is 0. The van der Waals surface area contributed by atoms with Gasteiger partial charge in [0, 0.05) is 14.1 Å². The smallest absolute Gasteiger partial charge is 0.417 e. The van der Waals surface area contributed by atoms with Gasteiger partial charge in [-0.1, -0.05) is 0 Å². The maximum atomic E-state index is 12.7. The predicted molar refractivity (Wildman–Crippen MR) is 67.5 cm³/mol. The number of alkyl halides is 3. The lowest BCUT2D eigenvalue weighted by atomic mass is 10.2. The van der Waals surface area contributed by atoms with Crippen molar-refractivity contribution in [2.45, 2.75) is 6.18 Å². The summed E-state index contributed by atoms with van der Waals surface area (Å²) in [7, 11) is 4.82. The third-order valence-corrected chi connectivity index (χ3v) is 2.82. The minimum Gasteiger partial charge on any atom is -0.494 e. The fraction of sp³-hybridized carbons (Fsp3) is 0.364. The molecule has 0 amide bonds. The second-order valence-electron chi connectivity index (χ2n) is 3.68. The van der Waals surface area contributed by atoms with Crippen molar-refractivity contribution in [3.05, 3.63) is 22.2 Å². The third-order valence-electron chi connectivity index (χ3n) is 2.02. The highest BCUT2D eigenvalue weighted by Crippen LogP contribution is 2.44. The number of nitrogens with zero attached hydrogens (tertiary/aromatic N) is 2. The minimum atomic E-state index is -4.44. The van der Waals surface area contributed by atoms with Gasteiger partial charge in [0.15, 0.2) is 0 Å². The lowest BCUT2D eigenvalue weighted by Crippen LogP contribution is -2.08. The predicted octanol–water partition coefficient (Wildman–Crippen LogP) is 3.70. The number of benzene rings is 1. The zero-order valence-corrected chi connectivity index (χ0v) is 11.6. The minimum absolute atomic E-state index is 0.112. The van der Waals surface area contributed by atoms with Gasteiger partial charge in [0.05, 0.1) is 23.5 Å². The standard InChI is InChI=1S/C11H12BrF3N2O/c1-17(2)6-16-10-8(18-3)5-4-7(9(10)12)11(13,14)15/h4-6H,1-3H3/b16-6+. The quantitative estimate of drug-likeness (QED) is 0.625. The van der Waals surface area contributed by atoms with Crippen molar-refractivity contribution >= 4 is 28.0 Å². The molecule has 1 aromatic carbocycles. The van der Waals surface area contributed by atoms with Crippen LogP contribution < -0.4 is 4.74 Å². The van der Waals surface area contributed by atoms with E-state index in [0.29, 0.717) is 0 Å². The van der Waals surface area contributed by atoms with E-state index in [9.17, 15) is 13.2 Å². The molecule has 100 valence electrons. The van der Waals surface area contributed by atoms with Crippen molar-refractivity contribution in [3.63, 3.8) is 0 Å². The van der Waals surface area contributed by atoms with E-state index in [4.69, 9.17) is 4.74 Å². The lowest BCUT2D eigenvalue weighted by Gasteiger charge is -2.14. The molecule has 0 fully saturated rings. The second-order valence-corrected chi connectivity index (χ2v) is 4.48. The molecular formula is C11H12BrF3N2O. The van der Waals surface area contributed by atoms with Crippen LogP contribution in [-0.2, 0) is 6.18 Å². The summed E-state index contributed by atoms with van der Waals surface area (Å²) < 4.78 is 43.1. The first-order chi connectivity index (χ1) is 8.27. The van der Waals surface area contributed by atoms with E-state index < -0.39 is 11.7 Å². The maximum absolute atomic E-state index is 12.7. The van der Waals surface area contributed by atoms with Crippen molar-refractivity contribution in [2.24, 2.45) is 4.99 Å². The Hall–Kier alpha value is -1.24. The van der Waals surface area contributed by atoms with E-state index in [0.717, 1.165) is 6.07 Å². The molecule has 1 rings (SSSR count). The fourth-order valence-electron chi connectivity index (χ4n) is 1.22. The first kappa shape index (κ1) is 14.8. The summed E-state index contributed by atoms with van der Waals surface area (Å²) in [4.78, 5) is 5.60. The van der Waals surface area contributed by atoms with Crippen LogP contribution in [0.25, 0.3) is 0 Å². The van der Waals surface area contributed by atoms with Crippen molar-refractivity contribution in [1.82, 2.24) is 4.90 Å². The van der Waals surface area contributed by atoms with Crippen LogP contribution >= 0.6 is 15.9 Å². The van der Waals surface area contributed by atoms with Crippen LogP contribution in [0.2, 0.25) is 0 Å². The van der Waals surface area contributed by atoms with Crippen LogP contribution in [0.15, 0.2) is 21.6 Å². The lowest BCUT2D eigenvalue weighted by molar-refractivity contribution is -0.138. The summed E-state index contributed by atoms with van der Waals surface area (Å²) >= 11 is 2.93. The Morgan fingerprint density at radius 3 is 2.39 bits per heavy atom. The molecule has 1 aromatic rings. The number of methoxy groups -OCH3 is 1. The highest BCUT2D eigenvalue weighted by molar-refractivity contribution is 9.10. The van der Waals surface area contributed by atoms with Gasteiger partial charge in [-0.2, -0.15) is 13.2 Å². The zero-order valence-electron chi connectivity index (χ0n) is 10.0. The van der Waals surface area contributed by atoms with Crippen molar-refractivity contribution in [2.75, 3.05) is 21.2 Å². The van der Waals surface area contributed by atoms with Crippen LogP contribution in [0.4, 0.5) is 18.9 Å². The number of aliphatic imine (C=N–C) groups is 1. The molecule has 0 heterocycles. The van der Waals surface area contributed by atoms with E-state index in [2.05, 4.69) is 20.9 Å². The van der Waals surface area contributed by atoms with Gasteiger partial charge >= 0.3 is 6.18 Å². The molecule has 0 radical (unpaired) electrons. The van der Waals surface area contributed by atoms with Gasteiger partial charge in [0.2, 0.25) is 0 Å². The molecule has 0 atom stereocenters. The van der Waals surface area contributed by atoms with E-state index >= 15 is 0 Å². The molecule has 0 spiro atoms. The van der Waals surface area contributed by atoms with Crippen LogP contribution in [0.5, 0.6) is 5.75 Å². The third kappa shape index (κ3) is 3.38. The molecule has 7 heteroatoms. The summed E-state index contributed by atoms with van der Waals surface area (Å²) in [6.45, 7) is 0. The number of halogens is 4. The molecule has 0 bridgehead atoms. The molecule has 0 N–H and O–H groups in total. The second kappa shape index (κ2) is 5.60. The average Bonchev–Trinajstić information content (AvgIpc) is 2.24. The van der Waals surface area contributed by atoms with Crippen LogP contribution in [0.3, 0.4) is 0 Å². The van der Waals surface area contributed by atoms with Gasteiger partial charge in [0.1, 0.15) is 11.4 Å². The normalized spacial score (nSPS) is 11.9. The zero-order chi connectivity index (χ0) is 13.9. The van der Waals surface area contributed by atoms with Gasteiger partial charge in [-0.25, -0.2) is 4.99 Å². The van der Waals surface area contributed by atoms with Crippen molar-refractivity contribution in [3.8, 4) is 5.75 Å². The Morgan fingerprint density at radius 2 is 1.94 bits per heavy atom. The van der Waals surface area contributed by atoms with Gasteiger partial charge in [-0.15, -0.1) is 0 Å². The molecule has 0 aliphatic rings. The largest absolute Gasteiger partial charge is 0.494 e. The average molecular weight is 325 g/mol. The molecule has 3 nitrogen and oxygen atoms in total. The molecule has 0 aliphatic carbocycles. The molecule has 0 saturated carbocycles. The molecule has 0 unspecified atom stereocenters. The van der Waals surface area contributed by atoms with Crippen molar-refractivity contribution < 1.29 is 17.9 Å². The van der Waals surface area contributed by atoms with Crippen LogP contribution in [0, 0.1) is 0 Å². The van der Waals surface area contributed by atoms with E-state index in [1.807, 2.05) is 0 Å². The highest BCUT2D eigenvalue weighted by Gasteiger charge is 2.34. The number of ether oxygens (including phenoxy) is 1. The Morgan fingerprint density at radius 1 is 1.33 bits per heavy atom. The van der Waals surface area contributed by atoms with Gasteiger partial charge < -0.3 is 9.64 Å². The summed E-state index contributed by atoms with van der Waals surface area (Å²) in [5.41, 5.74) is -0.671. The van der Waals surface area contributed by atoms with Crippen molar-refractivity contribution in [1.29, 1.82) is 0 Å². The molecule has 18 heavy (non-hydrogen) atoms. The summed E-state index contributed by atoms with van der Waals surface area (Å²) in [6.07, 6.45) is -3.03. The van der Waals surface area contributed by atoms with E-state index in [-0.39, 0.29) is 15.9 Å². The Bertz CT molecular complexity index is 458. The van der Waals surface area contributed by atoms with Gasteiger partial charge in [-0.3, -0.25) is 0 Å². The molecular weight excluding hydrogens is 313 g/mol. The summed E-state index contributed by atoms with van der Waals surface area (Å²) in [5, 5.41) is 0. The van der Waals surface area contributed by atoms with Gasteiger partial charge in [-0.05, 0) is 28.1 Å². The summed E-state index contributed by atoms with van der Waals surface area (Å²) in [5.74, 6) is 0.271. The van der Waals surface area contributed by atoms with Crippen LogP contribution in [0.1, 0.15) is 5.56 Å². The number of hydrogen-bond acceptors (Lipinski definition) is 2. The Kier molecular flexibility index (Phi) is 4.61. The SMILES string of the molecule is COc1ccc(C(F)(F)F)c(Br)c1/N=C/N(C)C. The highest BCUT2D eigenvalue weighted by atomic mass is 79.9. The van der Waals surface area contributed by atoms with E-state index in [1.54, 1.807) is 19.0 Å². The first-order valence-electron chi connectivity index (χ1n) is 4.91. The molecule has 0 aliphatic heterocycles.